The maximum atomic E-state index is 11.6. The molecular weight excluding hydrogens is 280 g/mol. The van der Waals surface area contributed by atoms with Gasteiger partial charge in [0, 0.05) is 23.1 Å². The van der Waals surface area contributed by atoms with E-state index in [1.165, 1.54) is 3.96 Å². The van der Waals surface area contributed by atoms with Gasteiger partial charge in [-0.1, -0.05) is 22.0 Å². The topological polar surface area (TPSA) is 44.0 Å². The van der Waals surface area contributed by atoms with Crippen LogP contribution in [0.5, 0.6) is 0 Å². The minimum Gasteiger partial charge on any atom is -0.255 e. The van der Waals surface area contributed by atoms with Crippen molar-refractivity contribution in [2.45, 2.75) is 0 Å². The second kappa shape index (κ2) is 3.79. The van der Waals surface area contributed by atoms with Gasteiger partial charge in [0.15, 0.2) is 0 Å². The van der Waals surface area contributed by atoms with Crippen LogP contribution in [0.2, 0.25) is 0 Å². The monoisotopic (exact) mass is 286 g/mol. The normalized spacial score (nSPS) is 10.5. The van der Waals surface area contributed by atoms with Crippen LogP contribution >= 0.6 is 27.5 Å². The van der Waals surface area contributed by atoms with Crippen molar-refractivity contribution in [1.82, 2.24) is 8.52 Å². The fourth-order valence-corrected chi connectivity index (χ4v) is 2.29. The first-order chi connectivity index (χ1) is 7.09. The first-order valence-electron chi connectivity index (χ1n) is 4.15. The highest BCUT2D eigenvalue weighted by atomic mass is 79.9. The Morgan fingerprint density at radius 1 is 1.33 bits per heavy atom. The van der Waals surface area contributed by atoms with Gasteiger partial charge in [-0.2, -0.15) is 0 Å². The Balaban J connectivity index is 2.75. The van der Waals surface area contributed by atoms with Crippen molar-refractivity contribution in [3.05, 3.63) is 48.9 Å². The molecule has 78 valence electrons. The minimum atomic E-state index is -0.317. The molecule has 15 heavy (non-hydrogen) atoms. The lowest BCUT2D eigenvalue weighted by Crippen LogP contribution is -2.26. The van der Waals surface area contributed by atoms with Crippen LogP contribution in [0.4, 0.5) is 0 Å². The van der Waals surface area contributed by atoms with Gasteiger partial charge in [-0.25, -0.2) is 13.3 Å². The van der Waals surface area contributed by atoms with Crippen molar-refractivity contribution in [1.29, 1.82) is 0 Å². The number of rotatable bonds is 1. The number of aryl methyl sites for hydroxylation is 1. The van der Waals surface area contributed by atoms with Gasteiger partial charge in [0.05, 0.1) is 5.69 Å². The molecule has 6 heteroatoms. The molecule has 0 atom stereocenters. The molecule has 1 aromatic carbocycles. The molecule has 0 N–H and O–H groups in total. The average Bonchev–Trinajstić information content (AvgIpc) is 2.41. The summed E-state index contributed by atoms with van der Waals surface area (Å²) >= 11 is 4.19. The van der Waals surface area contributed by atoms with Gasteiger partial charge in [0.2, 0.25) is 0 Å². The molecule has 0 fully saturated rings. The largest absolute Gasteiger partial charge is 0.345 e. The van der Waals surface area contributed by atoms with Crippen molar-refractivity contribution in [3.8, 4) is 5.69 Å². The maximum absolute atomic E-state index is 11.6. The van der Waals surface area contributed by atoms with E-state index < -0.39 is 0 Å². The standard InChI is InChI=1S/C9H7BrN2O2S/c1-11-8(13)12(9(14)15-11)7-4-2-3-6(10)5-7/h2-5H,1H3. The molecule has 0 unspecified atom stereocenters. The van der Waals surface area contributed by atoms with Gasteiger partial charge >= 0.3 is 10.6 Å². The van der Waals surface area contributed by atoms with Crippen LogP contribution in [0.1, 0.15) is 0 Å². The summed E-state index contributed by atoms with van der Waals surface area (Å²) in [6, 6.07) is 7.07. The fraction of sp³-hybridized carbons (Fsp3) is 0.111. The molecule has 2 aromatic rings. The Kier molecular flexibility index (Phi) is 2.62. The zero-order valence-corrected chi connectivity index (χ0v) is 10.2. The number of benzene rings is 1. The molecule has 1 heterocycles. The Morgan fingerprint density at radius 2 is 2.07 bits per heavy atom. The molecular formula is C9H7BrN2O2S. The van der Waals surface area contributed by atoms with E-state index in [0.29, 0.717) is 5.69 Å². The molecule has 4 nitrogen and oxygen atoms in total. The molecule has 0 amide bonds. The summed E-state index contributed by atoms with van der Waals surface area (Å²) in [5, 5.41) is 0. The highest BCUT2D eigenvalue weighted by Crippen LogP contribution is 2.13. The zero-order valence-electron chi connectivity index (χ0n) is 7.81. The zero-order chi connectivity index (χ0) is 11.0. The van der Waals surface area contributed by atoms with Crippen molar-refractivity contribution in [2.24, 2.45) is 7.05 Å². The highest BCUT2D eigenvalue weighted by molar-refractivity contribution is 9.10. The predicted molar refractivity (Wildman–Crippen MR) is 62.9 cm³/mol. The average molecular weight is 287 g/mol. The maximum Gasteiger partial charge on any atom is 0.345 e. The van der Waals surface area contributed by atoms with Crippen molar-refractivity contribution < 1.29 is 0 Å². The number of hydrogen-bond donors (Lipinski definition) is 0. The van der Waals surface area contributed by atoms with E-state index in [2.05, 4.69) is 15.9 Å². The fourth-order valence-electron chi connectivity index (χ4n) is 1.25. The lowest BCUT2D eigenvalue weighted by Gasteiger charge is -1.99. The van der Waals surface area contributed by atoms with E-state index in [9.17, 15) is 9.59 Å². The summed E-state index contributed by atoms with van der Waals surface area (Å²) in [7, 11) is 1.57. The predicted octanol–water partition coefficient (Wildman–Crippen LogP) is 1.36. The van der Waals surface area contributed by atoms with Crippen LogP contribution in [0.15, 0.2) is 38.3 Å². The van der Waals surface area contributed by atoms with Gasteiger partial charge in [-0.15, -0.1) is 0 Å². The summed E-state index contributed by atoms with van der Waals surface area (Å²) in [6.07, 6.45) is 0. The Labute approximate surface area is 97.7 Å². The van der Waals surface area contributed by atoms with Gasteiger partial charge in [-0.05, 0) is 18.2 Å². The van der Waals surface area contributed by atoms with E-state index >= 15 is 0 Å². The summed E-state index contributed by atoms with van der Waals surface area (Å²) in [4.78, 5) is 22.9. The van der Waals surface area contributed by atoms with Crippen molar-refractivity contribution in [3.63, 3.8) is 0 Å². The summed E-state index contributed by atoms with van der Waals surface area (Å²) in [6.45, 7) is 0. The van der Waals surface area contributed by atoms with E-state index in [1.807, 2.05) is 6.07 Å². The van der Waals surface area contributed by atoms with Crippen molar-refractivity contribution >= 4 is 27.5 Å². The summed E-state index contributed by atoms with van der Waals surface area (Å²) in [5.74, 6) is 0. The number of hydrogen-bond acceptors (Lipinski definition) is 3. The van der Waals surface area contributed by atoms with Crippen LogP contribution in [0.25, 0.3) is 5.69 Å². The van der Waals surface area contributed by atoms with Crippen LogP contribution in [0, 0.1) is 0 Å². The Hall–Kier alpha value is -1.14. The molecule has 2 rings (SSSR count). The molecule has 0 radical (unpaired) electrons. The summed E-state index contributed by atoms with van der Waals surface area (Å²) < 4.78 is 3.29. The lowest BCUT2D eigenvalue weighted by atomic mass is 10.3. The van der Waals surface area contributed by atoms with Gasteiger partial charge < -0.3 is 0 Å². The molecule has 0 bridgehead atoms. The van der Waals surface area contributed by atoms with E-state index in [-0.39, 0.29) is 10.6 Å². The van der Waals surface area contributed by atoms with Crippen LogP contribution in [-0.2, 0) is 7.05 Å². The smallest absolute Gasteiger partial charge is 0.255 e. The number of nitrogens with zero attached hydrogens (tertiary/aromatic N) is 2. The van der Waals surface area contributed by atoms with Crippen LogP contribution in [0.3, 0.4) is 0 Å². The molecule has 0 spiro atoms. The third kappa shape index (κ3) is 1.82. The third-order valence-electron chi connectivity index (χ3n) is 1.92. The molecule has 0 aliphatic carbocycles. The van der Waals surface area contributed by atoms with Gasteiger partial charge in [-0.3, -0.25) is 4.79 Å². The van der Waals surface area contributed by atoms with E-state index in [4.69, 9.17) is 0 Å². The molecule has 0 saturated carbocycles. The van der Waals surface area contributed by atoms with Gasteiger partial charge in [0.25, 0.3) is 0 Å². The first kappa shape index (κ1) is 10.4. The third-order valence-corrected chi connectivity index (χ3v) is 3.19. The minimum absolute atomic E-state index is 0.277. The quantitative estimate of drug-likeness (QED) is 0.795. The lowest BCUT2D eigenvalue weighted by molar-refractivity contribution is 0.849. The molecule has 0 saturated heterocycles. The Morgan fingerprint density at radius 3 is 2.60 bits per heavy atom. The summed E-state index contributed by atoms with van der Waals surface area (Å²) in [5.41, 5.74) is 0.263. The first-order valence-corrected chi connectivity index (χ1v) is 5.71. The van der Waals surface area contributed by atoms with Crippen LogP contribution < -0.4 is 10.6 Å². The highest BCUT2D eigenvalue weighted by Gasteiger charge is 2.08. The second-order valence-electron chi connectivity index (χ2n) is 2.95. The molecule has 0 aliphatic heterocycles. The molecule has 1 aromatic heterocycles. The van der Waals surface area contributed by atoms with E-state index in [1.54, 1.807) is 25.2 Å². The SMILES string of the molecule is Cn1sc(=O)n(-c2cccc(Br)c2)c1=O. The van der Waals surface area contributed by atoms with Crippen LogP contribution in [-0.4, -0.2) is 8.52 Å². The number of halogens is 1. The second-order valence-corrected chi connectivity index (χ2v) is 4.95. The number of aromatic nitrogens is 2. The Bertz CT molecular complexity index is 611. The molecule has 0 aliphatic rings. The van der Waals surface area contributed by atoms with E-state index in [0.717, 1.165) is 20.6 Å². The van der Waals surface area contributed by atoms with Crippen molar-refractivity contribution in [2.75, 3.05) is 0 Å². The van der Waals surface area contributed by atoms with Gasteiger partial charge in [0.1, 0.15) is 0 Å².